The zero-order chi connectivity index (χ0) is 58.1. The van der Waals surface area contributed by atoms with E-state index < -0.39 is 131 Å². The average molecular weight is 1100 g/mol. The summed E-state index contributed by atoms with van der Waals surface area (Å²) in [7, 11) is 0. The molecular formula is C56H83N13O10. The molecule has 23 nitrogen and oxygen atoms in total. The Morgan fingerprint density at radius 2 is 0.899 bits per heavy atom. The fraction of sp³-hybridized carbons (Fsp3) is 0.589. The molecule has 0 saturated carbocycles. The van der Waals surface area contributed by atoms with Crippen LogP contribution in [0, 0.1) is 17.8 Å². The highest BCUT2D eigenvalue weighted by Gasteiger charge is 2.43. The quantitative estimate of drug-likeness (QED) is 0.0751. The zero-order valence-electron chi connectivity index (χ0n) is 46.8. The molecule has 79 heavy (non-hydrogen) atoms. The highest BCUT2D eigenvalue weighted by molar-refractivity contribution is 6.00. The Kier molecular flexibility index (Phi) is 23.2. The lowest BCUT2D eigenvalue weighted by atomic mass is 9.99. The molecule has 3 aliphatic rings. The summed E-state index contributed by atoms with van der Waals surface area (Å²) < 4.78 is 0. The summed E-state index contributed by atoms with van der Waals surface area (Å²) in [5.74, 6) is -8.08. The fourth-order valence-corrected chi connectivity index (χ4v) is 10.0. The van der Waals surface area contributed by atoms with Gasteiger partial charge in [-0.25, -0.2) is 0 Å². The van der Waals surface area contributed by atoms with E-state index in [0.29, 0.717) is 24.0 Å². The van der Waals surface area contributed by atoms with Crippen molar-refractivity contribution >= 4 is 65.0 Å². The SMILES string of the molecule is CC(C)C[C@@H]1NC(=O)[C@H](CCCN=C(N)N)NC(=O)[C@H](C(C)C)NC(=O)[C@@H]2CCCN2C(=O)[C@@H](Cc2ccccc2)NC(=O)[C@H](C)NC(=O)[C@H](C)NC(=O)[C@H](C(C)C)NC(=O)[C@@H]2CCCN2C(=O)[C@@H](Cc2ccccc2)NC1=O. The Morgan fingerprint density at radius 3 is 1.34 bits per heavy atom. The van der Waals surface area contributed by atoms with E-state index in [2.05, 4.69) is 47.5 Å². The van der Waals surface area contributed by atoms with Crippen LogP contribution in [0.5, 0.6) is 0 Å². The lowest BCUT2D eigenvalue weighted by Gasteiger charge is -2.32. The predicted molar refractivity (Wildman–Crippen MR) is 296 cm³/mol. The van der Waals surface area contributed by atoms with Gasteiger partial charge in [-0.3, -0.25) is 52.9 Å². The number of carbonyl (C=O) groups is 10. The van der Waals surface area contributed by atoms with Crippen molar-refractivity contribution in [2.75, 3.05) is 19.6 Å². The van der Waals surface area contributed by atoms with Crippen LogP contribution in [0.1, 0.15) is 111 Å². The second kappa shape index (κ2) is 29.4. The van der Waals surface area contributed by atoms with Crippen LogP contribution in [0.25, 0.3) is 0 Å². The molecule has 5 rings (SSSR count). The van der Waals surface area contributed by atoms with Crippen molar-refractivity contribution in [3.63, 3.8) is 0 Å². The van der Waals surface area contributed by atoms with Crippen LogP contribution in [0.2, 0.25) is 0 Å². The van der Waals surface area contributed by atoms with Crippen molar-refractivity contribution in [1.82, 2.24) is 52.3 Å². The van der Waals surface area contributed by atoms with Gasteiger partial charge >= 0.3 is 0 Å². The molecular weight excluding hydrogens is 1010 g/mol. The number of hydrogen-bond donors (Lipinski definition) is 10. The van der Waals surface area contributed by atoms with Crippen molar-refractivity contribution in [2.45, 2.75) is 174 Å². The highest BCUT2D eigenvalue weighted by atomic mass is 16.2. The molecule has 12 N–H and O–H groups in total. The van der Waals surface area contributed by atoms with Gasteiger partial charge in [0.25, 0.3) is 0 Å². The van der Waals surface area contributed by atoms with Crippen LogP contribution >= 0.6 is 0 Å². The fourth-order valence-electron chi connectivity index (χ4n) is 10.0. The minimum Gasteiger partial charge on any atom is -0.370 e. The van der Waals surface area contributed by atoms with Crippen LogP contribution in [0.4, 0.5) is 0 Å². The molecule has 3 heterocycles. The van der Waals surface area contributed by atoms with E-state index in [4.69, 9.17) is 11.5 Å². The maximum atomic E-state index is 14.8. The number of fused-ring (bicyclic) bond motifs is 2. The van der Waals surface area contributed by atoms with Crippen molar-refractivity contribution in [3.05, 3.63) is 71.8 Å². The molecule has 10 atom stereocenters. The normalized spacial score (nSPS) is 26.9. The topological polar surface area (TPSA) is 338 Å². The van der Waals surface area contributed by atoms with Crippen LogP contribution in [-0.2, 0) is 60.8 Å². The predicted octanol–water partition coefficient (Wildman–Crippen LogP) is -0.203. The third-order valence-electron chi connectivity index (χ3n) is 14.4. The molecule has 3 fully saturated rings. The number of guanidine groups is 1. The van der Waals surface area contributed by atoms with Crippen molar-refractivity contribution in [1.29, 1.82) is 0 Å². The van der Waals surface area contributed by atoms with Gasteiger partial charge in [0.1, 0.15) is 60.4 Å². The average Bonchev–Trinajstić information content (AvgIpc) is 4.11. The molecule has 0 bridgehead atoms. The van der Waals surface area contributed by atoms with E-state index >= 15 is 0 Å². The molecule has 0 unspecified atom stereocenters. The Labute approximate surface area is 463 Å². The summed E-state index contributed by atoms with van der Waals surface area (Å²) in [5, 5.41) is 22.2. The summed E-state index contributed by atoms with van der Waals surface area (Å²) in [6, 6.07) is 6.01. The minimum absolute atomic E-state index is 0.00323. The van der Waals surface area contributed by atoms with E-state index in [0.717, 1.165) is 0 Å². The maximum Gasteiger partial charge on any atom is 0.246 e. The monoisotopic (exact) mass is 1100 g/mol. The van der Waals surface area contributed by atoms with Gasteiger partial charge in [-0.1, -0.05) is 102 Å². The van der Waals surface area contributed by atoms with E-state index in [1.165, 1.54) is 23.6 Å². The first kappa shape index (κ1) is 62.3. The van der Waals surface area contributed by atoms with Crippen LogP contribution in [-0.4, -0.2) is 155 Å². The summed E-state index contributed by atoms with van der Waals surface area (Å²) in [5.41, 5.74) is 12.6. The van der Waals surface area contributed by atoms with Gasteiger partial charge in [0.05, 0.1) is 0 Å². The Morgan fingerprint density at radius 1 is 0.506 bits per heavy atom. The smallest absolute Gasteiger partial charge is 0.246 e. The number of benzene rings is 2. The van der Waals surface area contributed by atoms with Crippen molar-refractivity contribution < 1.29 is 47.9 Å². The number of rotatable bonds is 12. The molecule has 432 valence electrons. The van der Waals surface area contributed by atoms with Crippen LogP contribution in [0.15, 0.2) is 65.7 Å². The Hall–Kier alpha value is -7.59. The molecule has 2 aromatic rings. The van der Waals surface area contributed by atoms with Gasteiger partial charge < -0.3 is 63.8 Å². The van der Waals surface area contributed by atoms with Gasteiger partial charge in [-0.15, -0.1) is 0 Å². The van der Waals surface area contributed by atoms with E-state index in [1.54, 1.807) is 88.4 Å². The number of amides is 10. The molecule has 0 aromatic heterocycles. The van der Waals surface area contributed by atoms with Crippen LogP contribution < -0.4 is 54.0 Å². The molecule has 2 aromatic carbocycles. The summed E-state index contributed by atoms with van der Waals surface area (Å²) in [4.78, 5) is 150. The van der Waals surface area contributed by atoms with Gasteiger partial charge in [-0.2, -0.15) is 0 Å². The van der Waals surface area contributed by atoms with Gasteiger partial charge in [0.15, 0.2) is 5.96 Å². The van der Waals surface area contributed by atoms with Gasteiger partial charge in [0, 0.05) is 32.5 Å². The van der Waals surface area contributed by atoms with Gasteiger partial charge in [0.2, 0.25) is 59.1 Å². The molecule has 23 heteroatoms. The minimum atomic E-state index is -1.28. The highest BCUT2D eigenvalue weighted by Crippen LogP contribution is 2.23. The molecule has 0 spiro atoms. The number of nitrogens with two attached hydrogens (primary N) is 2. The zero-order valence-corrected chi connectivity index (χ0v) is 46.8. The first-order chi connectivity index (χ1) is 37.4. The summed E-state index contributed by atoms with van der Waals surface area (Å²) >= 11 is 0. The molecule has 3 saturated heterocycles. The van der Waals surface area contributed by atoms with E-state index in [-0.39, 0.29) is 76.5 Å². The lowest BCUT2D eigenvalue weighted by Crippen LogP contribution is -2.62. The lowest BCUT2D eigenvalue weighted by molar-refractivity contribution is -0.143. The Balaban J connectivity index is 1.54. The van der Waals surface area contributed by atoms with Crippen molar-refractivity contribution in [2.24, 2.45) is 34.2 Å². The number of carbonyl (C=O) groups excluding carboxylic acids is 10. The summed E-state index contributed by atoms with van der Waals surface area (Å²) in [6.45, 7) is 13.8. The van der Waals surface area contributed by atoms with Crippen molar-refractivity contribution in [3.8, 4) is 0 Å². The third-order valence-corrected chi connectivity index (χ3v) is 14.4. The van der Waals surface area contributed by atoms with Crippen LogP contribution in [0.3, 0.4) is 0 Å². The second-order valence-corrected chi connectivity index (χ2v) is 22.0. The first-order valence-corrected chi connectivity index (χ1v) is 27.6. The standard InChI is InChI=1S/C56H83N13O10/c1-31(2)28-39-49(73)65-41(30-37-20-13-10-14-21-37)55(79)69-27-17-23-42(69)50(74)66-44(32(3)4)52(76)61-34(7)46(70)60-35(8)47(71)64-40(29-36-18-11-9-12-19-36)54(78)68-26-16-24-43(68)51(75)67-45(33(5)6)53(77)62-38(48(72)63-39)22-15-25-59-56(57)58/h9-14,18-21,31-35,38-45H,15-17,22-30H2,1-8H3,(H,60,70)(H,61,76)(H,62,77)(H,63,72)(H,64,71)(H,65,73)(H,66,74)(H,67,75)(H4,57,58,59)/t34-,35-,38-,39-,40+,41+,42-,43-,44-,45-/m0/s1. The van der Waals surface area contributed by atoms with E-state index in [1.807, 2.05) is 13.8 Å². The molecule has 0 aliphatic carbocycles. The largest absolute Gasteiger partial charge is 0.370 e. The third kappa shape index (κ3) is 18.0. The Bertz CT molecular complexity index is 2510. The molecule has 10 amide bonds. The first-order valence-electron chi connectivity index (χ1n) is 27.6. The van der Waals surface area contributed by atoms with Gasteiger partial charge in [-0.05, 0) is 87.7 Å². The number of nitrogens with zero attached hydrogens (tertiary/aromatic N) is 3. The van der Waals surface area contributed by atoms with E-state index in [9.17, 15) is 47.9 Å². The number of nitrogens with one attached hydrogen (secondary N) is 8. The summed E-state index contributed by atoms with van der Waals surface area (Å²) in [6.07, 6.45) is 1.70. The number of aliphatic imine (C=N–C) groups is 1. The molecule has 3 aliphatic heterocycles. The number of hydrogen-bond acceptors (Lipinski definition) is 11. The molecule has 0 radical (unpaired) electrons. The second-order valence-electron chi connectivity index (χ2n) is 22.0. The maximum absolute atomic E-state index is 14.8.